The molecule has 2 aromatic rings. The zero-order valence-electron chi connectivity index (χ0n) is 10.9. The molecule has 0 amide bonds. The average molecular weight is 302 g/mol. The summed E-state index contributed by atoms with van der Waals surface area (Å²) in [6.45, 7) is 1.53. The van der Waals surface area contributed by atoms with Gasteiger partial charge in [-0.25, -0.2) is 18.5 Å². The predicted octanol–water partition coefficient (Wildman–Crippen LogP) is 0.154. The number of anilines is 1. The molecule has 0 fully saturated rings. The third-order valence-corrected chi connectivity index (χ3v) is 3.94. The zero-order valence-corrected chi connectivity index (χ0v) is 11.7. The molecule has 0 aliphatic carbocycles. The standard InChI is InChI=1S/C12H10N6O2S/c1-7-10(2-8(15)3-12(7)21(16,19)20)18-6-17-9(4-13)11(18)5-14/h2-3,6H,15H2,1H3,(H2,16,19,20). The van der Waals surface area contributed by atoms with E-state index in [9.17, 15) is 8.42 Å². The lowest BCUT2D eigenvalue weighted by Gasteiger charge is -2.12. The molecule has 0 saturated carbocycles. The maximum absolute atomic E-state index is 11.6. The van der Waals surface area contributed by atoms with E-state index in [1.165, 1.54) is 30.0 Å². The smallest absolute Gasteiger partial charge is 0.238 e. The van der Waals surface area contributed by atoms with Crippen molar-refractivity contribution in [3.05, 3.63) is 35.4 Å². The Labute approximate surface area is 120 Å². The van der Waals surface area contributed by atoms with Gasteiger partial charge in [0.1, 0.15) is 18.5 Å². The molecular formula is C12H10N6O2S. The van der Waals surface area contributed by atoms with Gasteiger partial charge < -0.3 is 5.73 Å². The summed E-state index contributed by atoms with van der Waals surface area (Å²) in [6.07, 6.45) is 1.26. The van der Waals surface area contributed by atoms with Gasteiger partial charge in [0.2, 0.25) is 10.0 Å². The molecule has 9 heteroatoms. The van der Waals surface area contributed by atoms with Gasteiger partial charge in [0.25, 0.3) is 0 Å². The lowest BCUT2D eigenvalue weighted by atomic mass is 10.1. The molecule has 0 bridgehead atoms. The van der Waals surface area contributed by atoms with Crippen molar-refractivity contribution in [1.29, 1.82) is 10.5 Å². The third-order valence-electron chi connectivity index (χ3n) is 2.90. The lowest BCUT2D eigenvalue weighted by molar-refractivity contribution is 0.597. The fourth-order valence-electron chi connectivity index (χ4n) is 1.96. The van der Waals surface area contributed by atoms with Crippen LogP contribution in [0.15, 0.2) is 23.4 Å². The van der Waals surface area contributed by atoms with Gasteiger partial charge in [0.15, 0.2) is 11.4 Å². The molecule has 0 saturated heterocycles. The summed E-state index contributed by atoms with van der Waals surface area (Å²) in [7, 11) is -3.97. The number of aromatic nitrogens is 2. The largest absolute Gasteiger partial charge is 0.399 e. The second-order valence-electron chi connectivity index (χ2n) is 4.24. The number of imidazole rings is 1. The number of sulfonamides is 1. The van der Waals surface area contributed by atoms with Gasteiger partial charge in [-0.15, -0.1) is 0 Å². The summed E-state index contributed by atoms with van der Waals surface area (Å²) in [5.74, 6) is 0. The molecule has 21 heavy (non-hydrogen) atoms. The molecule has 0 spiro atoms. The number of hydrogen-bond donors (Lipinski definition) is 2. The maximum atomic E-state index is 11.6. The topological polar surface area (TPSA) is 152 Å². The first-order valence-corrected chi connectivity index (χ1v) is 7.15. The van der Waals surface area contributed by atoms with Crippen LogP contribution in [0.2, 0.25) is 0 Å². The Morgan fingerprint density at radius 3 is 2.48 bits per heavy atom. The van der Waals surface area contributed by atoms with Crippen molar-refractivity contribution in [1.82, 2.24) is 9.55 Å². The summed E-state index contributed by atoms with van der Waals surface area (Å²) >= 11 is 0. The molecule has 1 aromatic heterocycles. The number of benzene rings is 1. The molecule has 2 rings (SSSR count). The summed E-state index contributed by atoms with van der Waals surface area (Å²) < 4.78 is 24.5. The minimum atomic E-state index is -3.97. The first-order valence-electron chi connectivity index (χ1n) is 5.60. The van der Waals surface area contributed by atoms with Crippen LogP contribution in [-0.4, -0.2) is 18.0 Å². The van der Waals surface area contributed by atoms with Crippen molar-refractivity contribution < 1.29 is 8.42 Å². The van der Waals surface area contributed by atoms with Crippen molar-refractivity contribution in [3.63, 3.8) is 0 Å². The minimum absolute atomic E-state index is 0.00781. The van der Waals surface area contributed by atoms with Crippen LogP contribution in [-0.2, 0) is 10.0 Å². The molecule has 0 atom stereocenters. The number of nitriles is 2. The van der Waals surface area contributed by atoms with Crippen LogP contribution in [0.5, 0.6) is 0 Å². The fraction of sp³-hybridized carbons (Fsp3) is 0.0833. The van der Waals surface area contributed by atoms with Gasteiger partial charge in [-0.05, 0) is 24.6 Å². The van der Waals surface area contributed by atoms with Gasteiger partial charge >= 0.3 is 0 Å². The van der Waals surface area contributed by atoms with Crippen LogP contribution >= 0.6 is 0 Å². The van der Waals surface area contributed by atoms with Gasteiger partial charge in [0, 0.05) is 5.69 Å². The predicted molar refractivity (Wildman–Crippen MR) is 73.5 cm³/mol. The molecule has 0 aliphatic heterocycles. The normalized spacial score (nSPS) is 10.9. The highest BCUT2D eigenvalue weighted by Crippen LogP contribution is 2.26. The highest BCUT2D eigenvalue weighted by atomic mass is 32.2. The average Bonchev–Trinajstić information content (AvgIpc) is 2.82. The number of nitrogens with zero attached hydrogens (tertiary/aromatic N) is 4. The highest BCUT2D eigenvalue weighted by molar-refractivity contribution is 7.89. The Morgan fingerprint density at radius 2 is 1.95 bits per heavy atom. The second kappa shape index (κ2) is 4.90. The maximum Gasteiger partial charge on any atom is 0.238 e. The molecule has 0 radical (unpaired) electrons. The molecule has 1 heterocycles. The van der Waals surface area contributed by atoms with E-state index in [2.05, 4.69) is 4.98 Å². The Hall–Kier alpha value is -2.88. The zero-order chi connectivity index (χ0) is 15.8. The van der Waals surface area contributed by atoms with E-state index in [1.54, 1.807) is 6.07 Å². The van der Waals surface area contributed by atoms with Crippen LogP contribution < -0.4 is 10.9 Å². The van der Waals surface area contributed by atoms with Crippen molar-refractivity contribution in [2.24, 2.45) is 5.14 Å². The van der Waals surface area contributed by atoms with E-state index < -0.39 is 10.0 Å². The van der Waals surface area contributed by atoms with Crippen LogP contribution in [0.1, 0.15) is 17.0 Å². The molecule has 0 aliphatic rings. The number of hydrogen-bond acceptors (Lipinski definition) is 6. The molecule has 1 aromatic carbocycles. The summed E-state index contributed by atoms with van der Waals surface area (Å²) in [5.41, 5.74) is 6.42. The van der Waals surface area contributed by atoms with E-state index in [0.29, 0.717) is 11.3 Å². The van der Waals surface area contributed by atoms with Gasteiger partial charge in [-0.3, -0.25) is 4.57 Å². The number of nitrogen functional groups attached to an aromatic ring is 1. The van der Waals surface area contributed by atoms with E-state index in [-0.39, 0.29) is 22.0 Å². The van der Waals surface area contributed by atoms with E-state index >= 15 is 0 Å². The lowest BCUT2D eigenvalue weighted by Crippen LogP contribution is -2.15. The monoisotopic (exact) mass is 302 g/mol. The quantitative estimate of drug-likeness (QED) is 0.753. The van der Waals surface area contributed by atoms with Gasteiger partial charge in [-0.2, -0.15) is 10.5 Å². The Bertz CT molecular complexity index is 914. The molecule has 8 nitrogen and oxygen atoms in total. The Balaban J connectivity index is 2.84. The molecular weight excluding hydrogens is 292 g/mol. The van der Waals surface area contributed by atoms with Crippen LogP contribution in [0.3, 0.4) is 0 Å². The third kappa shape index (κ3) is 2.43. The minimum Gasteiger partial charge on any atom is -0.399 e. The number of primary sulfonamides is 1. The van der Waals surface area contributed by atoms with E-state index in [1.807, 2.05) is 6.07 Å². The van der Waals surface area contributed by atoms with Crippen LogP contribution in [0.25, 0.3) is 5.69 Å². The van der Waals surface area contributed by atoms with Crippen LogP contribution in [0, 0.1) is 29.6 Å². The van der Waals surface area contributed by atoms with E-state index in [0.717, 1.165) is 0 Å². The summed E-state index contributed by atoms with van der Waals surface area (Å²) in [6, 6.07) is 6.36. The second-order valence-corrected chi connectivity index (χ2v) is 5.77. The van der Waals surface area contributed by atoms with E-state index in [4.69, 9.17) is 21.4 Å². The number of nitrogens with two attached hydrogens (primary N) is 2. The van der Waals surface area contributed by atoms with Crippen molar-refractivity contribution in [2.45, 2.75) is 11.8 Å². The first-order chi connectivity index (χ1) is 9.79. The van der Waals surface area contributed by atoms with Crippen molar-refractivity contribution >= 4 is 15.7 Å². The molecule has 106 valence electrons. The fourth-order valence-corrected chi connectivity index (χ4v) is 2.79. The Kier molecular flexibility index (Phi) is 3.39. The van der Waals surface area contributed by atoms with Crippen LogP contribution in [0.4, 0.5) is 5.69 Å². The van der Waals surface area contributed by atoms with Gasteiger partial charge in [-0.1, -0.05) is 0 Å². The van der Waals surface area contributed by atoms with Gasteiger partial charge in [0.05, 0.1) is 10.6 Å². The molecule has 0 unspecified atom stereocenters. The molecule has 4 N–H and O–H groups in total. The summed E-state index contributed by atoms with van der Waals surface area (Å²) in [5, 5.41) is 23.2. The number of rotatable bonds is 2. The summed E-state index contributed by atoms with van der Waals surface area (Å²) in [4.78, 5) is 3.66. The Morgan fingerprint density at radius 1 is 1.29 bits per heavy atom. The SMILES string of the molecule is Cc1c(-n2cnc(C#N)c2C#N)cc(N)cc1S(N)(=O)=O. The highest BCUT2D eigenvalue weighted by Gasteiger charge is 2.19. The van der Waals surface area contributed by atoms with Crippen molar-refractivity contribution in [3.8, 4) is 17.8 Å². The first kappa shape index (κ1) is 14.5. The van der Waals surface area contributed by atoms with Crippen molar-refractivity contribution in [2.75, 3.05) is 5.73 Å².